The number of fused-ring (bicyclic) bond motifs is 1. The Balaban J connectivity index is 1.69. The molecule has 168 valence electrons. The van der Waals surface area contributed by atoms with Crippen LogP contribution in [-0.4, -0.2) is 69.5 Å². The Hall–Kier alpha value is -1.97. The Morgan fingerprint density at radius 3 is 2.65 bits per heavy atom. The van der Waals surface area contributed by atoms with E-state index in [0.29, 0.717) is 18.5 Å². The first-order chi connectivity index (χ1) is 14.8. The van der Waals surface area contributed by atoms with E-state index in [-0.39, 0.29) is 41.7 Å². The maximum absolute atomic E-state index is 13.5. The molecule has 0 aliphatic carbocycles. The third-order valence-electron chi connectivity index (χ3n) is 6.37. The van der Waals surface area contributed by atoms with E-state index in [1.165, 1.54) is 4.90 Å². The SMILES string of the molecule is CC(C)NC(=O)C1N(CCCO)C(=O)[C@@H]2[C@@H](C(=O)Nc3ccccc3)[C@@H]3OC12CC3Br. The zero-order valence-electron chi connectivity index (χ0n) is 17.6. The van der Waals surface area contributed by atoms with E-state index in [9.17, 15) is 19.5 Å². The van der Waals surface area contributed by atoms with Gasteiger partial charge in [-0.05, 0) is 38.8 Å². The lowest BCUT2D eigenvalue weighted by Gasteiger charge is -2.34. The molecule has 1 aromatic rings. The number of hydrogen-bond donors (Lipinski definition) is 3. The van der Waals surface area contributed by atoms with Gasteiger partial charge in [0.25, 0.3) is 0 Å². The monoisotopic (exact) mass is 493 g/mol. The molecule has 1 spiro atoms. The molecule has 3 aliphatic rings. The van der Waals surface area contributed by atoms with Gasteiger partial charge in [0.1, 0.15) is 11.6 Å². The molecule has 3 saturated heterocycles. The molecule has 4 rings (SSSR count). The van der Waals surface area contributed by atoms with Crippen molar-refractivity contribution < 1.29 is 24.2 Å². The average Bonchev–Trinajstić information content (AvgIpc) is 3.30. The Morgan fingerprint density at radius 1 is 1.29 bits per heavy atom. The zero-order valence-corrected chi connectivity index (χ0v) is 19.2. The maximum atomic E-state index is 13.5. The van der Waals surface area contributed by atoms with Crippen LogP contribution in [0.2, 0.25) is 0 Å². The molecule has 3 unspecified atom stereocenters. The highest BCUT2D eigenvalue weighted by molar-refractivity contribution is 9.09. The number of halogens is 1. The summed E-state index contributed by atoms with van der Waals surface area (Å²) in [6, 6.07) is 8.15. The van der Waals surface area contributed by atoms with E-state index in [1.54, 1.807) is 12.1 Å². The molecule has 31 heavy (non-hydrogen) atoms. The molecular weight excluding hydrogens is 466 g/mol. The smallest absolute Gasteiger partial charge is 0.246 e. The van der Waals surface area contributed by atoms with Crippen molar-refractivity contribution in [1.82, 2.24) is 10.2 Å². The minimum Gasteiger partial charge on any atom is -0.396 e. The normalized spacial score (nSPS) is 33.6. The van der Waals surface area contributed by atoms with Crippen molar-refractivity contribution >= 4 is 39.3 Å². The maximum Gasteiger partial charge on any atom is 0.246 e. The first-order valence-corrected chi connectivity index (χ1v) is 11.6. The number of ether oxygens (including phenoxy) is 1. The van der Waals surface area contributed by atoms with E-state index < -0.39 is 29.6 Å². The molecular formula is C22H28BrN3O5. The molecule has 0 saturated carbocycles. The van der Waals surface area contributed by atoms with Crippen molar-refractivity contribution in [1.29, 1.82) is 0 Å². The largest absolute Gasteiger partial charge is 0.396 e. The van der Waals surface area contributed by atoms with E-state index in [1.807, 2.05) is 32.0 Å². The first kappa shape index (κ1) is 22.2. The van der Waals surface area contributed by atoms with Gasteiger partial charge in [0.2, 0.25) is 17.7 Å². The quantitative estimate of drug-likeness (QED) is 0.495. The minimum absolute atomic E-state index is 0.0948. The molecule has 9 heteroatoms. The Labute approximate surface area is 189 Å². The molecule has 6 atom stereocenters. The lowest BCUT2D eigenvalue weighted by atomic mass is 9.70. The number of carbonyl (C=O) groups excluding carboxylic acids is 3. The predicted octanol–water partition coefficient (Wildman–Crippen LogP) is 1.28. The molecule has 3 amide bonds. The number of aliphatic hydroxyl groups excluding tert-OH is 1. The highest BCUT2D eigenvalue weighted by Crippen LogP contribution is 2.60. The molecule has 1 aromatic carbocycles. The van der Waals surface area contributed by atoms with Gasteiger partial charge in [0.05, 0.1) is 17.9 Å². The summed E-state index contributed by atoms with van der Waals surface area (Å²) in [5, 5.41) is 15.1. The van der Waals surface area contributed by atoms with Crippen molar-refractivity contribution in [3.8, 4) is 0 Å². The van der Waals surface area contributed by atoms with E-state index in [2.05, 4.69) is 26.6 Å². The number of likely N-dealkylation sites (tertiary alicyclic amines) is 1. The Kier molecular flexibility index (Phi) is 6.11. The standard InChI is InChI=1S/C22H28BrN3O5/c1-12(2)24-20(29)18-22-11-14(23)17(31-22)15(16(22)21(30)26(18)9-6-10-27)19(28)25-13-7-4-3-5-8-13/h3-5,7-8,12,14-18,27H,6,9-11H2,1-2H3,(H,24,29)(H,25,28)/t14?,15-,16+,17-,18?,22?/m1/s1. The van der Waals surface area contributed by atoms with Crippen LogP contribution in [-0.2, 0) is 19.1 Å². The number of alkyl halides is 1. The number of para-hydroxylation sites is 1. The predicted molar refractivity (Wildman–Crippen MR) is 117 cm³/mol. The van der Waals surface area contributed by atoms with Crippen LogP contribution < -0.4 is 10.6 Å². The summed E-state index contributed by atoms with van der Waals surface area (Å²) in [7, 11) is 0. The number of hydrogen-bond acceptors (Lipinski definition) is 5. The molecule has 3 heterocycles. The van der Waals surface area contributed by atoms with Crippen LogP contribution in [0.5, 0.6) is 0 Å². The number of nitrogens with zero attached hydrogens (tertiary/aromatic N) is 1. The van der Waals surface area contributed by atoms with Gasteiger partial charge >= 0.3 is 0 Å². The van der Waals surface area contributed by atoms with E-state index in [4.69, 9.17) is 4.74 Å². The summed E-state index contributed by atoms with van der Waals surface area (Å²) in [6.07, 6.45) is 0.323. The lowest BCUT2D eigenvalue weighted by Crippen LogP contribution is -2.56. The summed E-state index contributed by atoms with van der Waals surface area (Å²) < 4.78 is 6.37. The first-order valence-electron chi connectivity index (χ1n) is 10.7. The highest BCUT2D eigenvalue weighted by Gasteiger charge is 2.76. The molecule has 0 aromatic heterocycles. The van der Waals surface area contributed by atoms with E-state index in [0.717, 1.165) is 0 Å². The van der Waals surface area contributed by atoms with Crippen molar-refractivity contribution in [2.24, 2.45) is 11.8 Å². The van der Waals surface area contributed by atoms with Crippen LogP contribution in [0.25, 0.3) is 0 Å². The summed E-state index contributed by atoms with van der Waals surface area (Å²) in [4.78, 5) is 41.4. The van der Waals surface area contributed by atoms with Gasteiger partial charge < -0.3 is 25.4 Å². The number of benzene rings is 1. The number of nitrogens with one attached hydrogen (secondary N) is 2. The fourth-order valence-corrected chi connectivity index (χ4v) is 6.26. The fraction of sp³-hybridized carbons (Fsp3) is 0.591. The number of amides is 3. The molecule has 0 radical (unpaired) electrons. The van der Waals surface area contributed by atoms with Crippen LogP contribution in [0.1, 0.15) is 26.7 Å². The lowest BCUT2D eigenvalue weighted by molar-refractivity contribution is -0.141. The second-order valence-corrected chi connectivity index (χ2v) is 9.97. The van der Waals surface area contributed by atoms with Crippen molar-refractivity contribution in [3.63, 3.8) is 0 Å². The molecule has 3 fully saturated rings. The zero-order chi connectivity index (χ0) is 22.3. The molecule has 3 N–H and O–H groups in total. The van der Waals surface area contributed by atoms with Gasteiger partial charge in [-0.2, -0.15) is 0 Å². The second-order valence-electron chi connectivity index (χ2n) is 8.79. The minimum atomic E-state index is -1.07. The van der Waals surface area contributed by atoms with E-state index >= 15 is 0 Å². The number of anilines is 1. The van der Waals surface area contributed by atoms with Gasteiger partial charge in [-0.25, -0.2) is 0 Å². The van der Waals surface area contributed by atoms with Gasteiger partial charge in [0.15, 0.2) is 0 Å². The number of rotatable bonds is 7. The van der Waals surface area contributed by atoms with Gasteiger partial charge in [-0.3, -0.25) is 14.4 Å². The van der Waals surface area contributed by atoms with Crippen LogP contribution in [0.15, 0.2) is 30.3 Å². The van der Waals surface area contributed by atoms with Crippen LogP contribution >= 0.6 is 15.9 Å². The summed E-state index contributed by atoms with van der Waals surface area (Å²) >= 11 is 3.63. The second kappa shape index (κ2) is 8.52. The summed E-state index contributed by atoms with van der Waals surface area (Å²) in [5.41, 5.74) is -0.421. The fourth-order valence-electron chi connectivity index (χ4n) is 5.32. The Bertz CT molecular complexity index is 866. The summed E-state index contributed by atoms with van der Waals surface area (Å²) in [5.74, 6) is -2.27. The molecule has 8 nitrogen and oxygen atoms in total. The average molecular weight is 494 g/mol. The van der Waals surface area contributed by atoms with Crippen LogP contribution in [0, 0.1) is 11.8 Å². The van der Waals surface area contributed by atoms with Crippen LogP contribution in [0.3, 0.4) is 0 Å². The number of carbonyl (C=O) groups is 3. The van der Waals surface area contributed by atoms with Crippen LogP contribution in [0.4, 0.5) is 5.69 Å². The topological polar surface area (TPSA) is 108 Å². The van der Waals surface area contributed by atoms with Gasteiger partial charge in [0, 0.05) is 29.7 Å². The van der Waals surface area contributed by atoms with Crippen molar-refractivity contribution in [2.75, 3.05) is 18.5 Å². The van der Waals surface area contributed by atoms with Crippen molar-refractivity contribution in [2.45, 2.75) is 55.3 Å². The van der Waals surface area contributed by atoms with Gasteiger partial charge in [-0.15, -0.1) is 0 Å². The summed E-state index contributed by atoms with van der Waals surface area (Å²) in [6.45, 7) is 3.86. The molecule has 2 bridgehead atoms. The highest BCUT2D eigenvalue weighted by atomic mass is 79.9. The van der Waals surface area contributed by atoms with Crippen molar-refractivity contribution in [3.05, 3.63) is 30.3 Å². The van der Waals surface area contributed by atoms with Gasteiger partial charge in [-0.1, -0.05) is 34.1 Å². The third kappa shape index (κ3) is 3.66. The number of aliphatic hydroxyl groups is 1. The Morgan fingerprint density at radius 2 is 2.00 bits per heavy atom. The molecule has 3 aliphatic heterocycles. The third-order valence-corrected chi connectivity index (χ3v) is 7.21.